The second kappa shape index (κ2) is 9.92. The SMILES string of the molecule is CN=C(N)C(C(=O)OCC(=O)c1ccccc1Cl)=C(N)Cc1ccccc1Cl. The highest BCUT2D eigenvalue weighted by Crippen LogP contribution is 2.19. The van der Waals surface area contributed by atoms with Gasteiger partial charge in [0, 0.05) is 29.8 Å². The minimum Gasteiger partial charge on any atom is -0.454 e. The normalized spacial score (nSPS) is 12.3. The number of amidine groups is 1. The topological polar surface area (TPSA) is 108 Å². The number of nitrogens with zero attached hydrogens (tertiary/aromatic N) is 1. The molecule has 0 saturated heterocycles. The zero-order chi connectivity index (χ0) is 20.7. The van der Waals surface area contributed by atoms with Crippen molar-refractivity contribution in [3.63, 3.8) is 0 Å². The number of benzene rings is 2. The molecule has 0 spiro atoms. The zero-order valence-electron chi connectivity index (χ0n) is 15.1. The lowest BCUT2D eigenvalue weighted by Crippen LogP contribution is -2.28. The maximum absolute atomic E-state index is 12.5. The molecule has 0 atom stereocenters. The van der Waals surface area contributed by atoms with Crippen LogP contribution in [0.15, 0.2) is 64.8 Å². The molecule has 2 aromatic carbocycles. The van der Waals surface area contributed by atoms with Gasteiger partial charge in [0.2, 0.25) is 5.78 Å². The van der Waals surface area contributed by atoms with Gasteiger partial charge in [-0.25, -0.2) is 4.79 Å². The molecule has 0 amide bonds. The molecule has 0 bridgehead atoms. The highest BCUT2D eigenvalue weighted by Gasteiger charge is 2.22. The van der Waals surface area contributed by atoms with Crippen molar-refractivity contribution in [1.29, 1.82) is 0 Å². The van der Waals surface area contributed by atoms with E-state index in [1.807, 2.05) is 0 Å². The largest absolute Gasteiger partial charge is 0.454 e. The maximum atomic E-state index is 12.5. The Labute approximate surface area is 172 Å². The van der Waals surface area contributed by atoms with Crippen LogP contribution in [-0.2, 0) is 16.0 Å². The molecule has 28 heavy (non-hydrogen) atoms. The number of ketones is 1. The molecule has 0 aliphatic rings. The predicted octanol–water partition coefficient (Wildman–Crippen LogP) is 3.16. The zero-order valence-corrected chi connectivity index (χ0v) is 16.6. The molecule has 2 rings (SSSR count). The van der Waals surface area contributed by atoms with Crippen LogP contribution < -0.4 is 11.5 Å². The lowest BCUT2D eigenvalue weighted by Gasteiger charge is -2.12. The Hall–Kier alpha value is -2.83. The molecule has 146 valence electrons. The summed E-state index contributed by atoms with van der Waals surface area (Å²) in [6.45, 7) is -0.511. The van der Waals surface area contributed by atoms with Gasteiger partial charge in [-0.15, -0.1) is 0 Å². The number of hydrogen-bond donors (Lipinski definition) is 2. The highest BCUT2D eigenvalue weighted by atomic mass is 35.5. The lowest BCUT2D eigenvalue weighted by molar-refractivity contribution is -0.137. The van der Waals surface area contributed by atoms with E-state index < -0.39 is 18.4 Å². The van der Waals surface area contributed by atoms with Crippen molar-refractivity contribution in [3.8, 4) is 0 Å². The number of aliphatic imine (C=N–C) groups is 1. The summed E-state index contributed by atoms with van der Waals surface area (Å²) in [5.74, 6) is -1.40. The monoisotopic (exact) mass is 419 g/mol. The molecule has 6 nitrogen and oxygen atoms in total. The van der Waals surface area contributed by atoms with Gasteiger partial charge in [-0.05, 0) is 23.8 Å². The summed E-state index contributed by atoms with van der Waals surface area (Å²) >= 11 is 12.1. The third-order valence-electron chi connectivity index (χ3n) is 3.87. The Morgan fingerprint density at radius 3 is 2.21 bits per heavy atom. The molecule has 8 heteroatoms. The molecule has 0 aliphatic heterocycles. The quantitative estimate of drug-likeness (QED) is 0.235. The lowest BCUT2D eigenvalue weighted by atomic mass is 10.1. The minimum atomic E-state index is -0.854. The van der Waals surface area contributed by atoms with Crippen molar-refractivity contribution in [2.24, 2.45) is 16.5 Å². The molecule has 0 saturated carbocycles. The van der Waals surface area contributed by atoms with Crippen molar-refractivity contribution >= 4 is 40.8 Å². The van der Waals surface area contributed by atoms with E-state index in [0.717, 1.165) is 0 Å². The number of halogens is 2. The highest BCUT2D eigenvalue weighted by molar-refractivity contribution is 6.34. The first-order valence-corrected chi connectivity index (χ1v) is 9.00. The fourth-order valence-electron chi connectivity index (χ4n) is 2.42. The number of esters is 1. The number of hydrogen-bond acceptors (Lipinski definition) is 5. The predicted molar refractivity (Wildman–Crippen MR) is 111 cm³/mol. The van der Waals surface area contributed by atoms with Gasteiger partial charge in [0.15, 0.2) is 6.61 Å². The van der Waals surface area contributed by atoms with E-state index in [-0.39, 0.29) is 34.1 Å². The number of carbonyl (C=O) groups is 2. The smallest absolute Gasteiger partial charge is 0.344 e. The fourth-order valence-corrected chi connectivity index (χ4v) is 2.86. The van der Waals surface area contributed by atoms with Crippen molar-refractivity contribution < 1.29 is 14.3 Å². The third-order valence-corrected chi connectivity index (χ3v) is 4.57. The Morgan fingerprint density at radius 1 is 1.00 bits per heavy atom. The molecule has 0 radical (unpaired) electrons. The van der Waals surface area contributed by atoms with Gasteiger partial charge in [0.25, 0.3) is 0 Å². The van der Waals surface area contributed by atoms with Crippen LogP contribution in [0, 0.1) is 0 Å². The van der Waals surface area contributed by atoms with E-state index in [9.17, 15) is 9.59 Å². The van der Waals surface area contributed by atoms with Gasteiger partial charge in [0.1, 0.15) is 11.4 Å². The van der Waals surface area contributed by atoms with E-state index in [0.29, 0.717) is 10.6 Å². The van der Waals surface area contributed by atoms with E-state index in [2.05, 4.69) is 4.99 Å². The number of allylic oxidation sites excluding steroid dienone is 1. The van der Waals surface area contributed by atoms with Gasteiger partial charge in [-0.2, -0.15) is 0 Å². The molecule has 0 aromatic heterocycles. The Morgan fingerprint density at radius 2 is 1.61 bits per heavy atom. The minimum absolute atomic E-state index is 0.0975. The summed E-state index contributed by atoms with van der Waals surface area (Å²) in [4.78, 5) is 28.6. The first-order chi connectivity index (χ1) is 13.3. The number of ether oxygens (including phenoxy) is 1. The molecule has 2 aromatic rings. The summed E-state index contributed by atoms with van der Waals surface area (Å²) in [6.07, 6.45) is 0.165. The van der Waals surface area contributed by atoms with E-state index in [1.54, 1.807) is 48.5 Å². The van der Waals surface area contributed by atoms with E-state index in [1.165, 1.54) is 7.05 Å². The molecular weight excluding hydrogens is 401 g/mol. The summed E-state index contributed by atoms with van der Waals surface area (Å²) in [6, 6.07) is 13.5. The average molecular weight is 420 g/mol. The van der Waals surface area contributed by atoms with Crippen LogP contribution in [-0.4, -0.2) is 31.2 Å². The van der Waals surface area contributed by atoms with Gasteiger partial charge in [-0.1, -0.05) is 53.5 Å². The van der Waals surface area contributed by atoms with Gasteiger partial charge < -0.3 is 16.2 Å². The first-order valence-electron chi connectivity index (χ1n) is 8.24. The summed E-state index contributed by atoms with van der Waals surface area (Å²) in [5.41, 5.74) is 12.9. The number of rotatable bonds is 7. The van der Waals surface area contributed by atoms with Gasteiger partial charge in [0.05, 0.1) is 5.02 Å². The Kier molecular flexibility index (Phi) is 7.61. The average Bonchev–Trinajstić information content (AvgIpc) is 2.68. The molecule has 0 heterocycles. The van der Waals surface area contributed by atoms with Crippen molar-refractivity contribution in [3.05, 3.63) is 81.0 Å². The van der Waals surface area contributed by atoms with Crippen LogP contribution in [0.2, 0.25) is 10.0 Å². The van der Waals surface area contributed by atoms with Crippen molar-refractivity contribution in [2.75, 3.05) is 13.7 Å². The second-order valence-corrected chi connectivity index (χ2v) is 6.57. The molecular formula is C20H19Cl2N3O3. The number of nitrogens with two attached hydrogens (primary N) is 2. The van der Waals surface area contributed by atoms with Crippen LogP contribution in [0.1, 0.15) is 15.9 Å². The fraction of sp³-hybridized carbons (Fsp3) is 0.150. The Bertz CT molecular complexity index is 955. The van der Waals surface area contributed by atoms with E-state index in [4.69, 9.17) is 39.4 Å². The standard InChI is InChI=1S/C20H19Cl2N3O3/c1-25-19(24)18(16(23)10-12-6-2-4-8-14(12)21)20(27)28-11-17(26)13-7-3-5-9-15(13)22/h2-9H,10-11,23H2,1H3,(H2,24,25). The number of carbonyl (C=O) groups excluding carboxylic acids is 2. The third kappa shape index (κ3) is 5.34. The molecule has 0 fully saturated rings. The van der Waals surface area contributed by atoms with Crippen LogP contribution in [0.5, 0.6) is 0 Å². The van der Waals surface area contributed by atoms with Gasteiger partial charge >= 0.3 is 5.97 Å². The second-order valence-electron chi connectivity index (χ2n) is 5.76. The van der Waals surface area contributed by atoms with Crippen LogP contribution in [0.4, 0.5) is 0 Å². The maximum Gasteiger partial charge on any atom is 0.344 e. The molecule has 0 aliphatic carbocycles. The van der Waals surface area contributed by atoms with Crippen LogP contribution in [0.25, 0.3) is 0 Å². The summed E-state index contributed by atoms with van der Waals surface area (Å²) < 4.78 is 5.11. The van der Waals surface area contributed by atoms with Crippen molar-refractivity contribution in [2.45, 2.75) is 6.42 Å². The Balaban J connectivity index is 2.20. The van der Waals surface area contributed by atoms with Crippen molar-refractivity contribution in [1.82, 2.24) is 0 Å². The van der Waals surface area contributed by atoms with Gasteiger partial charge in [-0.3, -0.25) is 9.79 Å². The summed E-state index contributed by atoms with van der Waals surface area (Å²) in [5, 5.41) is 0.770. The van der Waals surface area contributed by atoms with Crippen LogP contribution in [0.3, 0.4) is 0 Å². The van der Waals surface area contributed by atoms with Crippen LogP contribution >= 0.6 is 23.2 Å². The first kappa shape index (κ1) is 21.5. The summed E-state index contributed by atoms with van der Waals surface area (Å²) in [7, 11) is 1.42. The van der Waals surface area contributed by atoms with E-state index >= 15 is 0 Å². The molecule has 0 unspecified atom stereocenters. The number of Topliss-reactive ketones (excluding diaryl/α,β-unsaturated/α-hetero) is 1. The molecule has 4 N–H and O–H groups in total.